The summed E-state index contributed by atoms with van der Waals surface area (Å²) in [5, 5.41) is 8.75. The first-order valence-corrected chi connectivity index (χ1v) is 6.08. The number of aromatic nitrogens is 2. The lowest BCUT2D eigenvalue weighted by atomic mass is 10.2. The van der Waals surface area contributed by atoms with E-state index >= 15 is 0 Å². The van der Waals surface area contributed by atoms with E-state index in [2.05, 4.69) is 27.0 Å². The highest BCUT2D eigenvalue weighted by Gasteiger charge is 2.12. The number of nitriles is 1. The molecule has 0 saturated carbocycles. The summed E-state index contributed by atoms with van der Waals surface area (Å²) in [6.07, 6.45) is 0.357. The Morgan fingerprint density at radius 1 is 1.35 bits per heavy atom. The highest BCUT2D eigenvalue weighted by atomic mass is 79.9. The van der Waals surface area contributed by atoms with Gasteiger partial charge < -0.3 is 4.57 Å². The lowest BCUT2D eigenvalue weighted by molar-refractivity contribution is 0.879. The Labute approximate surface area is 109 Å². The van der Waals surface area contributed by atoms with Crippen molar-refractivity contribution in [2.24, 2.45) is 7.05 Å². The number of hydrogen-bond donors (Lipinski definition) is 0. The molecule has 3 nitrogen and oxygen atoms in total. The molecule has 0 aliphatic heterocycles. The van der Waals surface area contributed by atoms with Crippen molar-refractivity contribution in [1.29, 1.82) is 5.26 Å². The Hall–Kier alpha value is -1.60. The van der Waals surface area contributed by atoms with Crippen LogP contribution in [0.25, 0.3) is 11.4 Å². The van der Waals surface area contributed by atoms with E-state index in [9.17, 15) is 0 Å². The van der Waals surface area contributed by atoms with Gasteiger partial charge in [-0.3, -0.25) is 0 Å². The van der Waals surface area contributed by atoms with E-state index in [0.717, 1.165) is 27.2 Å². The fourth-order valence-electron chi connectivity index (χ4n) is 1.74. The van der Waals surface area contributed by atoms with Gasteiger partial charge >= 0.3 is 0 Å². The number of benzene rings is 1. The molecule has 0 bridgehead atoms. The van der Waals surface area contributed by atoms with Crippen LogP contribution in [0.1, 0.15) is 11.4 Å². The van der Waals surface area contributed by atoms with Crippen molar-refractivity contribution in [2.75, 3.05) is 0 Å². The molecule has 0 aliphatic rings. The smallest absolute Gasteiger partial charge is 0.140 e. The van der Waals surface area contributed by atoms with E-state index in [4.69, 9.17) is 5.26 Å². The van der Waals surface area contributed by atoms with Crippen LogP contribution in [0.3, 0.4) is 0 Å². The summed E-state index contributed by atoms with van der Waals surface area (Å²) in [4.78, 5) is 4.52. The van der Waals surface area contributed by atoms with Crippen LogP contribution in [0.4, 0.5) is 0 Å². The van der Waals surface area contributed by atoms with Crippen LogP contribution >= 0.6 is 15.9 Å². The molecule has 1 heterocycles. The third kappa shape index (κ3) is 2.25. The third-order valence-electron chi connectivity index (χ3n) is 2.83. The van der Waals surface area contributed by atoms with E-state index < -0.39 is 0 Å². The van der Waals surface area contributed by atoms with E-state index in [0.29, 0.717) is 6.42 Å². The number of imidazole rings is 1. The predicted molar refractivity (Wildman–Crippen MR) is 70.4 cm³/mol. The molecule has 1 aromatic heterocycles. The number of rotatable bonds is 2. The van der Waals surface area contributed by atoms with Gasteiger partial charge in [0.1, 0.15) is 5.82 Å². The summed E-state index contributed by atoms with van der Waals surface area (Å²) in [5.74, 6) is 0.903. The first kappa shape index (κ1) is 11.9. The summed E-state index contributed by atoms with van der Waals surface area (Å²) in [6, 6.07) is 10.2. The van der Waals surface area contributed by atoms with E-state index in [1.54, 1.807) is 0 Å². The third-order valence-corrected chi connectivity index (χ3v) is 3.36. The molecule has 0 radical (unpaired) electrons. The lowest BCUT2D eigenvalue weighted by Gasteiger charge is -2.03. The number of nitrogens with zero attached hydrogens (tertiary/aromatic N) is 3. The highest BCUT2D eigenvalue weighted by Crippen LogP contribution is 2.23. The summed E-state index contributed by atoms with van der Waals surface area (Å²) in [7, 11) is 1.97. The van der Waals surface area contributed by atoms with Gasteiger partial charge in [0.05, 0.1) is 18.2 Å². The molecule has 86 valence electrons. The summed E-state index contributed by atoms with van der Waals surface area (Å²) < 4.78 is 3.07. The van der Waals surface area contributed by atoms with Crippen LogP contribution in [0.15, 0.2) is 28.7 Å². The Morgan fingerprint density at radius 2 is 2.00 bits per heavy atom. The molecule has 4 heteroatoms. The number of halogens is 1. The summed E-state index contributed by atoms with van der Waals surface area (Å²) in [5.41, 5.74) is 2.96. The molecular formula is C13H12BrN3. The molecule has 0 spiro atoms. The van der Waals surface area contributed by atoms with E-state index in [1.807, 2.05) is 42.8 Å². The van der Waals surface area contributed by atoms with Crippen LogP contribution in [-0.4, -0.2) is 9.55 Å². The molecule has 0 N–H and O–H groups in total. The van der Waals surface area contributed by atoms with Crippen molar-refractivity contribution in [2.45, 2.75) is 13.3 Å². The quantitative estimate of drug-likeness (QED) is 0.852. The zero-order valence-corrected chi connectivity index (χ0v) is 11.3. The van der Waals surface area contributed by atoms with Crippen molar-refractivity contribution in [3.8, 4) is 17.5 Å². The molecule has 2 rings (SSSR count). The van der Waals surface area contributed by atoms with Gasteiger partial charge in [-0.15, -0.1) is 0 Å². The van der Waals surface area contributed by atoms with Gasteiger partial charge in [0.2, 0.25) is 0 Å². The van der Waals surface area contributed by atoms with Crippen LogP contribution in [0, 0.1) is 18.3 Å². The van der Waals surface area contributed by atoms with Gasteiger partial charge in [-0.05, 0) is 19.1 Å². The lowest BCUT2D eigenvalue weighted by Crippen LogP contribution is -1.95. The minimum atomic E-state index is 0.357. The molecule has 1 aromatic carbocycles. The zero-order valence-electron chi connectivity index (χ0n) is 9.74. The van der Waals surface area contributed by atoms with Crippen LogP contribution in [0.5, 0.6) is 0 Å². The molecule has 0 unspecified atom stereocenters. The van der Waals surface area contributed by atoms with Crippen molar-refractivity contribution >= 4 is 15.9 Å². The fraction of sp³-hybridized carbons (Fsp3) is 0.231. The Balaban J connectivity index is 2.49. The molecule has 17 heavy (non-hydrogen) atoms. The first-order chi connectivity index (χ1) is 8.13. The largest absolute Gasteiger partial charge is 0.331 e. The molecule has 2 aromatic rings. The maximum absolute atomic E-state index is 8.75. The SMILES string of the molecule is Cc1c(CC#N)nc(-c2ccc(Br)cc2)n1C. The normalized spacial score (nSPS) is 10.2. The van der Waals surface area contributed by atoms with E-state index in [-0.39, 0.29) is 0 Å². The van der Waals surface area contributed by atoms with Crippen molar-refractivity contribution in [3.05, 3.63) is 40.1 Å². The van der Waals surface area contributed by atoms with Gasteiger partial charge in [0, 0.05) is 22.8 Å². The minimum absolute atomic E-state index is 0.357. The standard InChI is InChI=1S/C13H12BrN3/c1-9-12(7-8-15)16-13(17(9)2)10-3-5-11(14)6-4-10/h3-6H,7H2,1-2H3. The van der Waals surface area contributed by atoms with Crippen LogP contribution in [-0.2, 0) is 13.5 Å². The Kier molecular flexibility index (Phi) is 3.30. The van der Waals surface area contributed by atoms with Gasteiger partial charge in [-0.1, -0.05) is 28.1 Å². The molecule has 0 fully saturated rings. The summed E-state index contributed by atoms with van der Waals surface area (Å²) in [6.45, 7) is 1.99. The molecule has 0 atom stereocenters. The van der Waals surface area contributed by atoms with Crippen LogP contribution < -0.4 is 0 Å². The maximum atomic E-state index is 8.75. The topological polar surface area (TPSA) is 41.6 Å². The zero-order chi connectivity index (χ0) is 12.4. The Bertz CT molecular complexity index is 576. The monoisotopic (exact) mass is 289 g/mol. The maximum Gasteiger partial charge on any atom is 0.140 e. The van der Waals surface area contributed by atoms with Gasteiger partial charge in [0.15, 0.2) is 0 Å². The average Bonchev–Trinajstić information content (AvgIpc) is 2.59. The van der Waals surface area contributed by atoms with Crippen molar-refractivity contribution < 1.29 is 0 Å². The second-order valence-electron chi connectivity index (χ2n) is 3.87. The Morgan fingerprint density at radius 3 is 2.59 bits per heavy atom. The average molecular weight is 290 g/mol. The second kappa shape index (κ2) is 4.72. The first-order valence-electron chi connectivity index (χ1n) is 5.28. The van der Waals surface area contributed by atoms with Gasteiger partial charge in [0.25, 0.3) is 0 Å². The second-order valence-corrected chi connectivity index (χ2v) is 4.78. The number of hydrogen-bond acceptors (Lipinski definition) is 2. The van der Waals surface area contributed by atoms with E-state index in [1.165, 1.54) is 0 Å². The summed E-state index contributed by atoms with van der Waals surface area (Å²) >= 11 is 3.41. The fourth-order valence-corrected chi connectivity index (χ4v) is 2.00. The molecule has 0 amide bonds. The highest BCUT2D eigenvalue weighted by molar-refractivity contribution is 9.10. The van der Waals surface area contributed by atoms with Crippen molar-refractivity contribution in [3.63, 3.8) is 0 Å². The van der Waals surface area contributed by atoms with Gasteiger partial charge in [-0.2, -0.15) is 5.26 Å². The predicted octanol–water partition coefficient (Wildman–Crippen LogP) is 3.22. The van der Waals surface area contributed by atoms with Crippen LogP contribution in [0.2, 0.25) is 0 Å². The molecular weight excluding hydrogens is 278 g/mol. The minimum Gasteiger partial charge on any atom is -0.331 e. The van der Waals surface area contributed by atoms with Gasteiger partial charge in [-0.25, -0.2) is 4.98 Å². The van der Waals surface area contributed by atoms with Crippen molar-refractivity contribution in [1.82, 2.24) is 9.55 Å². The molecule has 0 aliphatic carbocycles. The molecule has 0 saturated heterocycles.